The average molecular weight is 402 g/mol. The molecule has 1 aromatic carbocycles. The lowest BCUT2D eigenvalue weighted by Crippen LogP contribution is -2.30. The number of carbonyl (C=O) groups is 1. The van der Waals surface area contributed by atoms with E-state index in [4.69, 9.17) is 14.2 Å². The van der Waals surface area contributed by atoms with E-state index < -0.39 is 11.6 Å². The van der Waals surface area contributed by atoms with Gasteiger partial charge in [0.15, 0.2) is 11.5 Å². The number of methoxy groups -OCH3 is 2. The van der Waals surface area contributed by atoms with Crippen molar-refractivity contribution in [2.24, 2.45) is 0 Å². The molecule has 148 valence electrons. The lowest BCUT2D eigenvalue weighted by atomic mass is 10.1. The van der Waals surface area contributed by atoms with Crippen LogP contribution in [0.3, 0.4) is 0 Å². The molecule has 0 aliphatic rings. The van der Waals surface area contributed by atoms with Crippen molar-refractivity contribution in [3.63, 3.8) is 0 Å². The first-order valence-electron chi connectivity index (χ1n) is 8.64. The zero-order valence-corrected chi connectivity index (χ0v) is 17.3. The third kappa shape index (κ3) is 4.01. The van der Waals surface area contributed by atoms with Crippen molar-refractivity contribution in [1.82, 2.24) is 9.55 Å². The quantitative estimate of drug-likeness (QED) is 0.608. The number of fused-ring (bicyclic) bond motifs is 1. The first-order valence-corrected chi connectivity index (χ1v) is 9.52. The van der Waals surface area contributed by atoms with Crippen molar-refractivity contribution in [3.05, 3.63) is 40.3 Å². The maximum atomic E-state index is 12.8. The Labute approximate surface area is 166 Å². The normalized spacial score (nSPS) is 11.5. The van der Waals surface area contributed by atoms with Gasteiger partial charge in [0.2, 0.25) is 0 Å². The molecule has 2 heterocycles. The summed E-state index contributed by atoms with van der Waals surface area (Å²) >= 11 is 1.29. The molecule has 0 bridgehead atoms. The third-order valence-electron chi connectivity index (χ3n) is 3.96. The summed E-state index contributed by atoms with van der Waals surface area (Å²) in [6.45, 7) is 5.17. The lowest BCUT2D eigenvalue weighted by Gasteiger charge is -2.19. The van der Waals surface area contributed by atoms with E-state index in [1.165, 1.54) is 22.2 Å². The van der Waals surface area contributed by atoms with Crippen molar-refractivity contribution in [2.75, 3.05) is 14.2 Å². The summed E-state index contributed by atoms with van der Waals surface area (Å²) in [4.78, 5) is 29.2. The molecule has 8 heteroatoms. The molecule has 2 aromatic heterocycles. The second kappa shape index (κ2) is 7.63. The molecule has 3 rings (SSSR count). The highest BCUT2D eigenvalue weighted by atomic mass is 32.1. The highest BCUT2D eigenvalue weighted by molar-refractivity contribution is 7.17. The van der Waals surface area contributed by atoms with Gasteiger partial charge in [-0.15, -0.1) is 11.3 Å². The minimum Gasteiger partial charge on any atom is -0.493 e. The second-order valence-corrected chi connectivity index (χ2v) is 8.04. The fraction of sp³-hybridized carbons (Fsp3) is 0.350. The molecule has 0 aliphatic heterocycles. The highest BCUT2D eigenvalue weighted by Crippen LogP contribution is 2.36. The number of aromatic nitrogens is 2. The van der Waals surface area contributed by atoms with Gasteiger partial charge in [0.25, 0.3) is 5.56 Å². The van der Waals surface area contributed by atoms with Gasteiger partial charge < -0.3 is 14.2 Å². The van der Waals surface area contributed by atoms with Crippen LogP contribution in [0.5, 0.6) is 11.5 Å². The predicted molar refractivity (Wildman–Crippen MR) is 108 cm³/mol. The number of hydrogen-bond acceptors (Lipinski definition) is 7. The number of thiophene rings is 1. The average Bonchev–Trinajstić information content (AvgIpc) is 3.06. The van der Waals surface area contributed by atoms with Crippen molar-refractivity contribution in [1.29, 1.82) is 0 Å². The minimum atomic E-state index is -0.609. The number of benzene rings is 1. The highest BCUT2D eigenvalue weighted by Gasteiger charge is 2.19. The molecular weight excluding hydrogens is 380 g/mol. The first kappa shape index (κ1) is 19.9. The molecule has 0 saturated carbocycles. The van der Waals surface area contributed by atoms with Crippen LogP contribution in [-0.2, 0) is 16.1 Å². The van der Waals surface area contributed by atoms with Crippen LogP contribution in [0.2, 0.25) is 0 Å². The van der Waals surface area contributed by atoms with Crippen LogP contribution in [0.4, 0.5) is 0 Å². The fourth-order valence-electron chi connectivity index (χ4n) is 2.78. The largest absolute Gasteiger partial charge is 0.493 e. The summed E-state index contributed by atoms with van der Waals surface area (Å²) < 4.78 is 17.7. The molecule has 0 aliphatic carbocycles. The number of hydrogen-bond donors (Lipinski definition) is 0. The summed E-state index contributed by atoms with van der Waals surface area (Å²) in [6, 6.07) is 5.53. The summed E-state index contributed by atoms with van der Waals surface area (Å²) in [5, 5.41) is 1.87. The molecule has 0 unspecified atom stereocenters. The van der Waals surface area contributed by atoms with Crippen LogP contribution in [0.25, 0.3) is 21.3 Å². The van der Waals surface area contributed by atoms with Gasteiger partial charge in [-0.1, -0.05) is 6.07 Å². The molecule has 3 aromatic rings. The summed E-state index contributed by atoms with van der Waals surface area (Å²) in [6.07, 6.45) is 1.38. The van der Waals surface area contributed by atoms with E-state index in [-0.39, 0.29) is 12.1 Å². The van der Waals surface area contributed by atoms with Gasteiger partial charge in [0.05, 0.1) is 26.1 Å². The molecule has 0 amide bonds. The number of carbonyl (C=O) groups excluding carboxylic acids is 1. The van der Waals surface area contributed by atoms with E-state index in [1.54, 1.807) is 41.1 Å². The van der Waals surface area contributed by atoms with Crippen LogP contribution >= 0.6 is 11.3 Å². The van der Waals surface area contributed by atoms with Crippen LogP contribution < -0.4 is 15.0 Å². The van der Waals surface area contributed by atoms with Crippen LogP contribution in [-0.4, -0.2) is 35.3 Å². The smallest absolute Gasteiger partial charge is 0.326 e. The van der Waals surface area contributed by atoms with Gasteiger partial charge in [-0.05, 0) is 38.5 Å². The Hall–Kier alpha value is -2.87. The predicted octanol–water partition coefficient (Wildman–Crippen LogP) is 3.48. The molecule has 0 N–H and O–H groups in total. The summed E-state index contributed by atoms with van der Waals surface area (Å²) in [5.74, 6) is 0.739. The molecule has 7 nitrogen and oxygen atoms in total. The topological polar surface area (TPSA) is 79.7 Å². The van der Waals surface area contributed by atoms with Crippen molar-refractivity contribution in [2.45, 2.75) is 32.9 Å². The fourth-order valence-corrected chi connectivity index (χ4v) is 3.75. The minimum absolute atomic E-state index is 0.178. The maximum Gasteiger partial charge on any atom is 0.326 e. The molecular formula is C20H22N2O5S. The number of ether oxygens (including phenoxy) is 3. The summed E-state index contributed by atoms with van der Waals surface area (Å²) in [5.41, 5.74) is 1.39. The van der Waals surface area contributed by atoms with Crippen LogP contribution in [0, 0.1) is 0 Å². The lowest BCUT2D eigenvalue weighted by molar-refractivity contribution is -0.155. The van der Waals surface area contributed by atoms with Gasteiger partial charge in [-0.3, -0.25) is 14.2 Å². The third-order valence-corrected chi connectivity index (χ3v) is 4.92. The molecule has 0 fully saturated rings. The van der Waals surface area contributed by atoms with Gasteiger partial charge in [-0.2, -0.15) is 0 Å². The first-order chi connectivity index (χ1) is 13.2. The number of rotatable bonds is 5. The van der Waals surface area contributed by atoms with E-state index >= 15 is 0 Å². The van der Waals surface area contributed by atoms with E-state index in [0.717, 1.165) is 11.1 Å². The zero-order chi connectivity index (χ0) is 20.5. The van der Waals surface area contributed by atoms with Crippen molar-refractivity contribution < 1.29 is 19.0 Å². The SMILES string of the molecule is COc1ccc(-c2csc3c(=O)n(CC(=O)OC(C)(C)C)cnc23)cc1OC. The monoisotopic (exact) mass is 402 g/mol. The molecule has 0 atom stereocenters. The van der Waals surface area contributed by atoms with Gasteiger partial charge in [0, 0.05) is 10.9 Å². The second-order valence-electron chi connectivity index (χ2n) is 7.16. The maximum absolute atomic E-state index is 12.8. The van der Waals surface area contributed by atoms with Crippen LogP contribution in [0.1, 0.15) is 20.8 Å². The summed E-state index contributed by atoms with van der Waals surface area (Å²) in [7, 11) is 3.15. The Kier molecular flexibility index (Phi) is 5.42. The van der Waals surface area contributed by atoms with Gasteiger partial charge >= 0.3 is 5.97 Å². The van der Waals surface area contributed by atoms with Crippen molar-refractivity contribution >= 4 is 27.5 Å². The number of nitrogens with zero attached hydrogens (tertiary/aromatic N) is 2. The van der Waals surface area contributed by atoms with E-state index in [9.17, 15) is 9.59 Å². The van der Waals surface area contributed by atoms with Gasteiger partial charge in [0.1, 0.15) is 16.8 Å². The Bertz CT molecular complexity index is 1080. The zero-order valence-electron chi connectivity index (χ0n) is 16.4. The Morgan fingerprint density at radius 2 is 1.89 bits per heavy atom. The molecule has 0 radical (unpaired) electrons. The van der Waals surface area contributed by atoms with E-state index in [0.29, 0.717) is 21.7 Å². The van der Waals surface area contributed by atoms with E-state index in [1.807, 2.05) is 17.5 Å². The van der Waals surface area contributed by atoms with Crippen molar-refractivity contribution in [3.8, 4) is 22.6 Å². The molecule has 0 saturated heterocycles. The van der Waals surface area contributed by atoms with Gasteiger partial charge in [-0.25, -0.2) is 4.98 Å². The Morgan fingerprint density at radius 3 is 2.54 bits per heavy atom. The molecule has 28 heavy (non-hydrogen) atoms. The Morgan fingerprint density at radius 1 is 1.18 bits per heavy atom. The number of esters is 1. The Balaban J connectivity index is 1.98. The van der Waals surface area contributed by atoms with E-state index in [2.05, 4.69) is 4.98 Å². The standard InChI is InChI=1S/C20H22N2O5S/c1-20(2,3)27-16(23)9-22-11-21-17-13(10-28-18(17)19(22)24)12-6-7-14(25-4)15(8-12)26-5/h6-8,10-11H,9H2,1-5H3. The molecule has 0 spiro atoms. The van der Waals surface area contributed by atoms with Crippen LogP contribution in [0.15, 0.2) is 34.7 Å².